The van der Waals surface area contributed by atoms with Gasteiger partial charge in [0.25, 0.3) is 10.2 Å². The fourth-order valence-electron chi connectivity index (χ4n) is 2.62. The number of piperazine rings is 1. The minimum atomic E-state index is -3.49. The summed E-state index contributed by atoms with van der Waals surface area (Å²) >= 11 is 0. The number of hydrogen-bond donors (Lipinski definition) is 1. The summed E-state index contributed by atoms with van der Waals surface area (Å²) in [6.07, 6.45) is 2.89. The lowest BCUT2D eigenvalue weighted by Crippen LogP contribution is -2.58. The van der Waals surface area contributed by atoms with E-state index in [9.17, 15) is 8.42 Å². The molecule has 2 unspecified atom stereocenters. The van der Waals surface area contributed by atoms with E-state index in [1.807, 2.05) is 6.92 Å². The molecule has 0 aromatic heterocycles. The zero-order valence-corrected chi connectivity index (χ0v) is 11.5. The van der Waals surface area contributed by atoms with Crippen LogP contribution < -0.4 is 5.32 Å². The topological polar surface area (TPSA) is 76.4 Å². The van der Waals surface area contributed by atoms with Gasteiger partial charge in [0.1, 0.15) is 6.04 Å². The first-order valence-corrected chi connectivity index (χ1v) is 7.86. The van der Waals surface area contributed by atoms with Crippen molar-refractivity contribution in [3.8, 4) is 6.07 Å². The average Bonchev–Trinajstić information content (AvgIpc) is 2.39. The Morgan fingerprint density at radius 2 is 2.06 bits per heavy atom. The number of nitrogens with one attached hydrogen (secondary N) is 1. The van der Waals surface area contributed by atoms with Gasteiger partial charge in [0.05, 0.1) is 6.07 Å². The average molecular weight is 272 g/mol. The van der Waals surface area contributed by atoms with Gasteiger partial charge in [0.2, 0.25) is 0 Å². The molecule has 18 heavy (non-hydrogen) atoms. The van der Waals surface area contributed by atoms with Crippen LogP contribution in [0.25, 0.3) is 0 Å². The van der Waals surface area contributed by atoms with Crippen LogP contribution in [-0.4, -0.2) is 55.3 Å². The molecule has 2 rings (SSSR count). The minimum Gasteiger partial charge on any atom is -0.313 e. The number of hydrogen-bond acceptors (Lipinski definition) is 4. The van der Waals surface area contributed by atoms with Gasteiger partial charge in [0.15, 0.2) is 0 Å². The maximum Gasteiger partial charge on any atom is 0.283 e. The van der Waals surface area contributed by atoms with Gasteiger partial charge in [-0.3, -0.25) is 0 Å². The van der Waals surface area contributed by atoms with Crippen molar-refractivity contribution in [1.82, 2.24) is 13.9 Å². The van der Waals surface area contributed by atoms with Crippen LogP contribution in [0.2, 0.25) is 0 Å². The molecule has 2 aliphatic heterocycles. The van der Waals surface area contributed by atoms with E-state index >= 15 is 0 Å². The fourth-order valence-corrected chi connectivity index (χ4v) is 4.58. The van der Waals surface area contributed by atoms with Crippen molar-refractivity contribution < 1.29 is 8.42 Å². The molecule has 0 aromatic carbocycles. The number of nitriles is 1. The Morgan fingerprint density at radius 1 is 1.28 bits per heavy atom. The van der Waals surface area contributed by atoms with Gasteiger partial charge in [-0.25, -0.2) is 0 Å². The van der Waals surface area contributed by atoms with Crippen LogP contribution >= 0.6 is 0 Å². The van der Waals surface area contributed by atoms with Crippen LogP contribution in [-0.2, 0) is 10.2 Å². The summed E-state index contributed by atoms with van der Waals surface area (Å²) in [5.41, 5.74) is 0. The van der Waals surface area contributed by atoms with E-state index in [0.717, 1.165) is 19.3 Å². The summed E-state index contributed by atoms with van der Waals surface area (Å²) in [4.78, 5) is 0. The monoisotopic (exact) mass is 272 g/mol. The second kappa shape index (κ2) is 5.53. The van der Waals surface area contributed by atoms with Crippen molar-refractivity contribution in [3.63, 3.8) is 0 Å². The van der Waals surface area contributed by atoms with Crippen molar-refractivity contribution in [2.45, 2.75) is 38.3 Å². The van der Waals surface area contributed by atoms with Crippen LogP contribution in [0.3, 0.4) is 0 Å². The van der Waals surface area contributed by atoms with E-state index in [0.29, 0.717) is 26.2 Å². The van der Waals surface area contributed by atoms with Gasteiger partial charge < -0.3 is 5.32 Å². The fraction of sp³-hybridized carbons (Fsp3) is 0.909. The normalized spacial score (nSPS) is 32.0. The van der Waals surface area contributed by atoms with Crippen molar-refractivity contribution in [2.24, 2.45) is 0 Å². The third kappa shape index (κ3) is 2.52. The Balaban J connectivity index is 2.21. The molecule has 2 atom stereocenters. The van der Waals surface area contributed by atoms with Gasteiger partial charge in [-0.1, -0.05) is 6.42 Å². The van der Waals surface area contributed by atoms with Gasteiger partial charge in [-0.15, -0.1) is 0 Å². The number of nitrogens with zero attached hydrogens (tertiary/aromatic N) is 3. The molecule has 2 heterocycles. The molecule has 2 aliphatic rings. The Labute approximate surface area is 109 Å². The van der Waals surface area contributed by atoms with Crippen LogP contribution in [0.4, 0.5) is 0 Å². The number of rotatable bonds is 2. The molecule has 0 aromatic rings. The lowest BCUT2D eigenvalue weighted by Gasteiger charge is -2.39. The Kier molecular flexibility index (Phi) is 4.22. The van der Waals surface area contributed by atoms with E-state index in [1.165, 1.54) is 4.31 Å². The van der Waals surface area contributed by atoms with Gasteiger partial charge in [-0.2, -0.15) is 22.3 Å². The van der Waals surface area contributed by atoms with E-state index in [2.05, 4.69) is 11.4 Å². The molecule has 0 bridgehead atoms. The van der Waals surface area contributed by atoms with E-state index in [-0.39, 0.29) is 6.04 Å². The first-order chi connectivity index (χ1) is 8.57. The summed E-state index contributed by atoms with van der Waals surface area (Å²) in [6.45, 7) is 3.92. The van der Waals surface area contributed by atoms with Gasteiger partial charge in [-0.05, 0) is 19.8 Å². The standard InChI is InChI=1S/C11H20N4O2S/c1-10-4-2-3-6-14(10)18(16,17)15-7-5-13-9-11(15)8-12/h10-11,13H,2-7,9H2,1H3. The zero-order chi connectivity index (χ0) is 13.2. The molecule has 2 saturated heterocycles. The molecule has 6 nitrogen and oxygen atoms in total. The zero-order valence-electron chi connectivity index (χ0n) is 10.7. The third-order valence-electron chi connectivity index (χ3n) is 3.68. The predicted molar refractivity (Wildman–Crippen MR) is 67.9 cm³/mol. The molecule has 7 heteroatoms. The van der Waals surface area contributed by atoms with Crippen molar-refractivity contribution in [1.29, 1.82) is 5.26 Å². The summed E-state index contributed by atoms with van der Waals surface area (Å²) in [5, 5.41) is 12.1. The maximum absolute atomic E-state index is 12.6. The molecular formula is C11H20N4O2S. The van der Waals surface area contributed by atoms with Crippen molar-refractivity contribution in [3.05, 3.63) is 0 Å². The SMILES string of the molecule is CC1CCCCN1S(=O)(=O)N1CCNCC1C#N. The summed E-state index contributed by atoms with van der Waals surface area (Å²) in [7, 11) is -3.49. The highest BCUT2D eigenvalue weighted by atomic mass is 32.2. The van der Waals surface area contributed by atoms with Gasteiger partial charge in [0, 0.05) is 32.2 Å². The van der Waals surface area contributed by atoms with Crippen LogP contribution in [0.15, 0.2) is 0 Å². The van der Waals surface area contributed by atoms with Crippen LogP contribution in [0, 0.1) is 11.3 Å². The first kappa shape index (κ1) is 13.7. The lowest BCUT2D eigenvalue weighted by molar-refractivity contribution is 0.226. The lowest BCUT2D eigenvalue weighted by atomic mass is 10.1. The maximum atomic E-state index is 12.6. The Bertz CT molecular complexity index is 431. The highest BCUT2D eigenvalue weighted by Gasteiger charge is 2.39. The minimum absolute atomic E-state index is 0.0398. The molecule has 0 spiro atoms. The van der Waals surface area contributed by atoms with E-state index < -0.39 is 16.3 Å². The highest BCUT2D eigenvalue weighted by molar-refractivity contribution is 7.86. The van der Waals surface area contributed by atoms with E-state index in [1.54, 1.807) is 4.31 Å². The first-order valence-electron chi connectivity index (χ1n) is 6.46. The van der Waals surface area contributed by atoms with Crippen molar-refractivity contribution in [2.75, 3.05) is 26.2 Å². The highest BCUT2D eigenvalue weighted by Crippen LogP contribution is 2.23. The summed E-state index contributed by atoms with van der Waals surface area (Å²) in [6, 6.07) is 1.53. The molecule has 0 saturated carbocycles. The van der Waals surface area contributed by atoms with Gasteiger partial charge >= 0.3 is 0 Å². The van der Waals surface area contributed by atoms with E-state index in [4.69, 9.17) is 5.26 Å². The molecule has 0 radical (unpaired) electrons. The second-order valence-electron chi connectivity index (χ2n) is 4.92. The largest absolute Gasteiger partial charge is 0.313 e. The van der Waals surface area contributed by atoms with Crippen molar-refractivity contribution >= 4 is 10.2 Å². The number of piperidine rings is 1. The molecule has 1 N–H and O–H groups in total. The summed E-state index contributed by atoms with van der Waals surface area (Å²) in [5.74, 6) is 0. The summed E-state index contributed by atoms with van der Waals surface area (Å²) < 4.78 is 28.1. The van der Waals surface area contributed by atoms with Crippen LogP contribution in [0.1, 0.15) is 26.2 Å². The molecule has 102 valence electrons. The Hall–Kier alpha value is -0.680. The third-order valence-corrected chi connectivity index (χ3v) is 5.84. The molecule has 0 aliphatic carbocycles. The Morgan fingerprint density at radius 3 is 2.72 bits per heavy atom. The molecule has 0 amide bonds. The smallest absolute Gasteiger partial charge is 0.283 e. The molecular weight excluding hydrogens is 252 g/mol. The predicted octanol–water partition coefficient (Wildman–Crippen LogP) is -0.0970. The quantitative estimate of drug-likeness (QED) is 0.762. The molecule has 2 fully saturated rings. The second-order valence-corrected chi connectivity index (χ2v) is 6.76. The van der Waals surface area contributed by atoms with Crippen LogP contribution in [0.5, 0.6) is 0 Å².